The number of phosphoric acid groups is 1. The fraction of sp³-hybridized carbons (Fsp3) is 0.903. The Morgan fingerprint density at radius 1 is 0.675 bits per heavy atom. The summed E-state index contributed by atoms with van der Waals surface area (Å²) >= 11 is 0. The molecule has 1 unspecified atom stereocenters. The summed E-state index contributed by atoms with van der Waals surface area (Å²) in [6.45, 7) is 10.3. The van der Waals surface area contributed by atoms with Gasteiger partial charge in [-0.1, -0.05) is 136 Å². The van der Waals surface area contributed by atoms with Crippen LogP contribution in [0.15, 0.2) is 12.2 Å². The maximum Gasteiger partial charge on any atom is 0.469 e. The molecule has 0 radical (unpaired) electrons. The molecule has 40 heavy (non-hydrogen) atoms. The van der Waals surface area contributed by atoms with Crippen molar-refractivity contribution < 1.29 is 38.3 Å². The van der Waals surface area contributed by atoms with Crippen LogP contribution in [0.1, 0.15) is 149 Å². The van der Waals surface area contributed by atoms with Crippen molar-refractivity contribution in [3.8, 4) is 0 Å². The first kappa shape index (κ1) is 41.4. The second kappa shape index (κ2) is 31.2. The first-order valence-electron chi connectivity index (χ1n) is 15.9. The molecule has 0 aromatic heterocycles. The molecule has 0 fully saturated rings. The number of rotatable bonds is 28. The number of aliphatic hydroxyl groups excluding tert-OH is 1. The van der Waals surface area contributed by atoms with Crippen molar-refractivity contribution in [2.24, 2.45) is 0 Å². The third-order valence-corrected chi connectivity index (χ3v) is 6.96. The number of hydrogen-bond donors (Lipinski definition) is 3. The van der Waals surface area contributed by atoms with E-state index in [4.69, 9.17) is 19.6 Å². The van der Waals surface area contributed by atoms with E-state index in [-0.39, 0.29) is 5.57 Å². The van der Waals surface area contributed by atoms with E-state index >= 15 is 0 Å². The standard InChI is InChI=1S/C24H50O.C7H13O7P/c1-3-5-7-9-11-13-15-17-19-21-23-25-24-22-20-18-16-14-12-10-8-6-4-2;1-5(2)7(9)13-3-6(8)4-14-15(10,11)12/h3-24H2,1-2H3;6,8H,1,3-4H2,2H3,(H2,10,11,12). The van der Waals surface area contributed by atoms with Gasteiger partial charge >= 0.3 is 13.8 Å². The largest absolute Gasteiger partial charge is 0.469 e. The van der Waals surface area contributed by atoms with Gasteiger partial charge in [0.15, 0.2) is 0 Å². The molecule has 0 bridgehead atoms. The third-order valence-electron chi connectivity index (χ3n) is 6.47. The third kappa shape index (κ3) is 37.2. The molecule has 0 saturated carbocycles. The summed E-state index contributed by atoms with van der Waals surface area (Å²) in [4.78, 5) is 27.4. The number of phosphoric ester groups is 1. The number of unbranched alkanes of at least 4 members (excludes halogenated alkanes) is 18. The van der Waals surface area contributed by atoms with Crippen molar-refractivity contribution in [3.63, 3.8) is 0 Å². The Labute approximate surface area is 245 Å². The second-order valence-corrected chi connectivity index (χ2v) is 12.0. The van der Waals surface area contributed by atoms with E-state index in [0.717, 1.165) is 13.2 Å². The van der Waals surface area contributed by atoms with Crippen molar-refractivity contribution >= 4 is 13.8 Å². The van der Waals surface area contributed by atoms with Crippen LogP contribution in [0.4, 0.5) is 0 Å². The maximum absolute atomic E-state index is 10.8. The van der Waals surface area contributed by atoms with E-state index in [1.165, 1.54) is 135 Å². The quantitative estimate of drug-likeness (QED) is 0.0357. The molecular formula is C31H63O8P. The van der Waals surface area contributed by atoms with E-state index < -0.39 is 33.1 Å². The molecule has 1 atom stereocenters. The fourth-order valence-electron chi connectivity index (χ4n) is 4.01. The van der Waals surface area contributed by atoms with Gasteiger partial charge in [0.25, 0.3) is 0 Å². The van der Waals surface area contributed by atoms with E-state index in [9.17, 15) is 9.36 Å². The van der Waals surface area contributed by atoms with Crippen LogP contribution in [0.5, 0.6) is 0 Å². The van der Waals surface area contributed by atoms with Crippen molar-refractivity contribution in [1.29, 1.82) is 0 Å². The molecule has 0 spiro atoms. The highest BCUT2D eigenvalue weighted by Gasteiger charge is 2.17. The predicted octanol–water partition coefficient (Wildman–Crippen LogP) is 8.42. The minimum Gasteiger partial charge on any atom is -0.460 e. The molecule has 0 rings (SSSR count). The fourth-order valence-corrected chi connectivity index (χ4v) is 4.38. The van der Waals surface area contributed by atoms with Gasteiger partial charge in [0.1, 0.15) is 12.7 Å². The van der Waals surface area contributed by atoms with Crippen LogP contribution in [0.2, 0.25) is 0 Å². The molecule has 240 valence electrons. The minimum atomic E-state index is -4.60. The van der Waals surface area contributed by atoms with E-state index in [1.54, 1.807) is 0 Å². The zero-order valence-corrected chi connectivity index (χ0v) is 27.0. The first-order valence-corrected chi connectivity index (χ1v) is 17.5. The topological polar surface area (TPSA) is 123 Å². The Morgan fingerprint density at radius 3 is 1.35 bits per heavy atom. The molecule has 0 aliphatic heterocycles. The monoisotopic (exact) mass is 594 g/mol. The van der Waals surface area contributed by atoms with Crippen molar-refractivity contribution in [1.82, 2.24) is 0 Å². The Bertz CT molecular complexity index is 586. The second-order valence-electron chi connectivity index (χ2n) is 10.8. The lowest BCUT2D eigenvalue weighted by Gasteiger charge is -2.11. The Kier molecular flexibility index (Phi) is 32.3. The Morgan fingerprint density at radius 2 is 1.02 bits per heavy atom. The molecule has 0 aromatic carbocycles. The number of hydrogen-bond acceptors (Lipinski definition) is 6. The summed E-state index contributed by atoms with van der Waals surface area (Å²) in [5.41, 5.74) is 0.165. The van der Waals surface area contributed by atoms with Crippen LogP contribution >= 0.6 is 7.82 Å². The molecule has 0 aliphatic carbocycles. The summed E-state index contributed by atoms with van der Waals surface area (Å²) in [6, 6.07) is 0. The molecular weight excluding hydrogens is 531 g/mol. The van der Waals surface area contributed by atoms with E-state index in [2.05, 4.69) is 29.7 Å². The number of carbonyl (C=O) groups is 1. The average molecular weight is 595 g/mol. The van der Waals surface area contributed by atoms with Crippen LogP contribution in [0, 0.1) is 0 Å². The zero-order valence-electron chi connectivity index (χ0n) is 26.1. The van der Waals surface area contributed by atoms with Gasteiger partial charge in [-0.25, -0.2) is 9.36 Å². The molecule has 3 N–H and O–H groups in total. The van der Waals surface area contributed by atoms with Crippen LogP contribution in [-0.4, -0.2) is 53.4 Å². The lowest BCUT2D eigenvalue weighted by atomic mass is 10.1. The van der Waals surface area contributed by atoms with Crippen LogP contribution in [0.25, 0.3) is 0 Å². The minimum absolute atomic E-state index is 0.165. The lowest BCUT2D eigenvalue weighted by molar-refractivity contribution is -0.142. The predicted molar refractivity (Wildman–Crippen MR) is 164 cm³/mol. The van der Waals surface area contributed by atoms with Crippen molar-refractivity contribution in [2.75, 3.05) is 26.4 Å². The summed E-state index contributed by atoms with van der Waals surface area (Å²) in [6.07, 6.45) is 26.9. The van der Waals surface area contributed by atoms with Gasteiger partial charge in [0, 0.05) is 18.8 Å². The van der Waals surface area contributed by atoms with Gasteiger partial charge in [-0.15, -0.1) is 0 Å². The normalized spacial score (nSPS) is 12.1. The maximum atomic E-state index is 10.8. The molecule has 8 nitrogen and oxygen atoms in total. The average Bonchev–Trinajstić information content (AvgIpc) is 2.91. The molecule has 0 saturated heterocycles. The number of carbonyl (C=O) groups excluding carboxylic acids is 1. The zero-order chi connectivity index (χ0) is 30.3. The van der Waals surface area contributed by atoms with E-state index in [0.29, 0.717) is 0 Å². The summed E-state index contributed by atoms with van der Waals surface area (Å²) in [7, 11) is -4.60. The summed E-state index contributed by atoms with van der Waals surface area (Å²) in [5, 5.41) is 9.07. The summed E-state index contributed by atoms with van der Waals surface area (Å²) in [5.74, 6) is -0.690. The highest BCUT2D eigenvalue weighted by Crippen LogP contribution is 2.35. The van der Waals surface area contributed by atoms with Crippen LogP contribution < -0.4 is 0 Å². The summed E-state index contributed by atoms with van der Waals surface area (Å²) < 4.78 is 24.5. The first-order chi connectivity index (χ1) is 19.1. The molecule has 0 heterocycles. The van der Waals surface area contributed by atoms with Crippen molar-refractivity contribution in [2.45, 2.75) is 155 Å². The number of ether oxygens (including phenoxy) is 2. The lowest BCUT2D eigenvalue weighted by Crippen LogP contribution is -2.23. The van der Waals surface area contributed by atoms with Gasteiger partial charge in [0.05, 0.1) is 6.61 Å². The number of esters is 1. The van der Waals surface area contributed by atoms with Crippen LogP contribution in [0.3, 0.4) is 0 Å². The molecule has 0 amide bonds. The molecule has 9 heteroatoms. The van der Waals surface area contributed by atoms with Crippen LogP contribution in [-0.2, 0) is 23.4 Å². The van der Waals surface area contributed by atoms with Gasteiger partial charge < -0.3 is 24.4 Å². The van der Waals surface area contributed by atoms with Crippen molar-refractivity contribution in [3.05, 3.63) is 12.2 Å². The SMILES string of the molecule is C=C(C)C(=O)OCC(O)COP(=O)(O)O.CCCCCCCCCCCCOCCCCCCCCCCCC. The highest BCUT2D eigenvalue weighted by atomic mass is 31.2. The molecule has 0 aromatic rings. The smallest absolute Gasteiger partial charge is 0.460 e. The Hall–Kier alpha value is -0.760. The number of aliphatic hydroxyl groups is 1. The van der Waals surface area contributed by atoms with Gasteiger partial charge in [-0.2, -0.15) is 0 Å². The molecule has 0 aliphatic rings. The van der Waals surface area contributed by atoms with Gasteiger partial charge in [-0.05, 0) is 19.8 Å². The Balaban J connectivity index is 0. The van der Waals surface area contributed by atoms with Gasteiger partial charge in [0.2, 0.25) is 0 Å². The highest BCUT2D eigenvalue weighted by molar-refractivity contribution is 7.46. The van der Waals surface area contributed by atoms with Gasteiger partial charge in [-0.3, -0.25) is 4.52 Å². The van der Waals surface area contributed by atoms with E-state index in [1.807, 2.05) is 0 Å².